The maximum Gasteiger partial charge on any atom is 0.164 e. The lowest BCUT2D eigenvalue weighted by Gasteiger charge is -2.33. The smallest absolute Gasteiger partial charge is 0.164 e. The zero-order valence-electron chi connectivity index (χ0n) is 30.9. The SMILES string of the molecule is C1=C2C=c3ccccc3=C2C(C2c3ccccc3-c3ccc(-c4nc(-c5ccccc5)nc(-c5ccccc5)n4)cc32)c2c1cc1ccn(-c3ccccc3)cc2-1. The van der Waals surface area contributed by atoms with Crippen LogP contribution in [-0.2, 0) is 0 Å². The quantitative estimate of drug-likeness (QED) is 0.177. The van der Waals surface area contributed by atoms with Crippen molar-refractivity contribution in [1.82, 2.24) is 19.5 Å². The summed E-state index contributed by atoms with van der Waals surface area (Å²) in [4.78, 5) is 15.3. The molecule has 1 aromatic heterocycles. The molecule has 2 unspecified atom stereocenters. The number of nitrogens with zero attached hydrogens (tertiary/aromatic N) is 4. The van der Waals surface area contributed by atoms with Crippen molar-refractivity contribution < 1.29 is 0 Å². The minimum absolute atomic E-state index is 0.0492. The lowest BCUT2D eigenvalue weighted by Crippen LogP contribution is -2.26. The van der Waals surface area contributed by atoms with Gasteiger partial charge in [0.2, 0.25) is 0 Å². The first-order valence-electron chi connectivity index (χ1n) is 19.6. The molecule has 0 saturated carbocycles. The zero-order chi connectivity index (χ0) is 37.5. The molecule has 0 fully saturated rings. The monoisotopic (exact) mass is 726 g/mol. The lowest BCUT2D eigenvalue weighted by atomic mass is 9.70. The molecular formula is C53H34N4. The largest absolute Gasteiger partial charge is 0.323 e. The summed E-state index contributed by atoms with van der Waals surface area (Å²) in [6.07, 6.45) is 9.35. The highest BCUT2D eigenvalue weighted by Crippen LogP contribution is 2.59. The summed E-state index contributed by atoms with van der Waals surface area (Å²) in [7, 11) is 0. The van der Waals surface area contributed by atoms with Gasteiger partial charge in [0.25, 0.3) is 0 Å². The van der Waals surface area contributed by atoms with Crippen LogP contribution >= 0.6 is 0 Å². The van der Waals surface area contributed by atoms with Gasteiger partial charge in [0.15, 0.2) is 17.5 Å². The summed E-state index contributed by atoms with van der Waals surface area (Å²) in [5.74, 6) is 2.10. The van der Waals surface area contributed by atoms with Crippen molar-refractivity contribution in [2.45, 2.75) is 11.8 Å². The highest BCUT2D eigenvalue weighted by Gasteiger charge is 2.43. The number of fused-ring (bicyclic) bond motifs is 8. The average molecular weight is 727 g/mol. The summed E-state index contributed by atoms with van der Waals surface area (Å²) in [5, 5.41) is 2.60. The predicted molar refractivity (Wildman–Crippen MR) is 230 cm³/mol. The van der Waals surface area contributed by atoms with Gasteiger partial charge in [-0.25, -0.2) is 15.0 Å². The first-order chi connectivity index (χ1) is 28.2. The van der Waals surface area contributed by atoms with Gasteiger partial charge in [0, 0.05) is 52.2 Å². The third-order valence-electron chi connectivity index (χ3n) is 12.0. The molecule has 2 heterocycles. The van der Waals surface area contributed by atoms with Crippen molar-refractivity contribution in [2.75, 3.05) is 0 Å². The Labute approximate surface area is 330 Å². The van der Waals surface area contributed by atoms with E-state index in [2.05, 4.69) is 163 Å². The molecule has 266 valence electrons. The molecule has 57 heavy (non-hydrogen) atoms. The number of pyridine rings is 1. The van der Waals surface area contributed by atoms with E-state index in [-0.39, 0.29) is 11.8 Å². The van der Waals surface area contributed by atoms with Gasteiger partial charge in [0.1, 0.15) is 0 Å². The van der Waals surface area contributed by atoms with E-state index in [1.165, 1.54) is 66.1 Å². The highest BCUT2D eigenvalue weighted by atomic mass is 15.0. The van der Waals surface area contributed by atoms with Gasteiger partial charge in [-0.1, -0.05) is 140 Å². The first-order valence-corrected chi connectivity index (χ1v) is 19.6. The molecule has 0 N–H and O–H groups in total. The number of rotatable bonds is 5. The number of hydrogen-bond acceptors (Lipinski definition) is 3. The molecule has 1 aliphatic heterocycles. The number of para-hydroxylation sites is 1. The van der Waals surface area contributed by atoms with Gasteiger partial charge >= 0.3 is 0 Å². The second-order valence-electron chi connectivity index (χ2n) is 15.2. The molecule has 0 bridgehead atoms. The van der Waals surface area contributed by atoms with E-state index >= 15 is 0 Å². The van der Waals surface area contributed by atoms with E-state index in [0.29, 0.717) is 17.5 Å². The molecule has 4 heteroatoms. The molecule has 4 aliphatic carbocycles. The molecule has 4 nitrogen and oxygen atoms in total. The Hall–Kier alpha value is -7.43. The van der Waals surface area contributed by atoms with Crippen LogP contribution in [0.15, 0.2) is 188 Å². The van der Waals surface area contributed by atoms with E-state index in [0.717, 1.165) is 22.4 Å². The fraction of sp³-hybridized carbons (Fsp3) is 0.0377. The Morgan fingerprint density at radius 3 is 1.82 bits per heavy atom. The van der Waals surface area contributed by atoms with Crippen LogP contribution < -0.4 is 10.4 Å². The third-order valence-corrected chi connectivity index (χ3v) is 12.0. The Bertz CT molecular complexity index is 3120. The molecule has 0 saturated heterocycles. The number of allylic oxidation sites excluding steroid dienone is 1. The normalized spacial score (nSPS) is 15.9. The van der Waals surface area contributed by atoms with Crippen LogP contribution in [0.5, 0.6) is 0 Å². The summed E-state index contributed by atoms with van der Waals surface area (Å²) < 4.78 is 2.27. The van der Waals surface area contributed by atoms with Crippen LogP contribution in [0, 0.1) is 0 Å². The molecule has 0 amide bonds. The van der Waals surface area contributed by atoms with Gasteiger partial charge in [-0.05, 0) is 103 Å². The van der Waals surface area contributed by atoms with Crippen LogP contribution in [-0.4, -0.2) is 19.5 Å². The number of hydrogen-bond donors (Lipinski definition) is 0. The van der Waals surface area contributed by atoms with Gasteiger partial charge in [-0.15, -0.1) is 0 Å². The van der Waals surface area contributed by atoms with Gasteiger partial charge in [-0.2, -0.15) is 0 Å². The molecule has 0 spiro atoms. The van der Waals surface area contributed by atoms with E-state index in [1.54, 1.807) is 0 Å². The van der Waals surface area contributed by atoms with E-state index in [9.17, 15) is 0 Å². The van der Waals surface area contributed by atoms with Gasteiger partial charge < -0.3 is 4.57 Å². The predicted octanol–water partition coefficient (Wildman–Crippen LogP) is 10.7. The summed E-state index contributed by atoms with van der Waals surface area (Å²) in [6.45, 7) is 0. The molecule has 6 aromatic carbocycles. The summed E-state index contributed by atoms with van der Waals surface area (Å²) in [6, 6.07) is 60.5. The molecule has 12 rings (SSSR count). The first kappa shape index (κ1) is 31.9. The fourth-order valence-corrected chi connectivity index (χ4v) is 9.55. The standard InChI is InChI=1S/C53H34N4/c1-4-14-33(15-5-1)51-54-52(34-16-6-2-7-17-34)56-53(55-51)37-24-25-43-42-22-12-13-23-44(42)49(45(43)31-37)50-47-38(28-35-18-10-11-21-41(35)47)30-39-29-36-26-27-57(32-46(36)48(39)50)40-19-8-3-9-20-40/h1-32,49-50H. The van der Waals surface area contributed by atoms with Crippen LogP contribution in [0.25, 0.3) is 79.8 Å². The maximum atomic E-state index is 5.16. The minimum Gasteiger partial charge on any atom is -0.323 e. The van der Waals surface area contributed by atoms with Crippen molar-refractivity contribution in [3.63, 3.8) is 0 Å². The van der Waals surface area contributed by atoms with Gasteiger partial charge in [-0.3, -0.25) is 0 Å². The molecule has 0 radical (unpaired) electrons. The van der Waals surface area contributed by atoms with Crippen LogP contribution in [0.1, 0.15) is 34.1 Å². The van der Waals surface area contributed by atoms with Crippen molar-refractivity contribution in [2.24, 2.45) is 0 Å². The molecule has 5 aliphatic rings. The Morgan fingerprint density at radius 2 is 1.07 bits per heavy atom. The second-order valence-corrected chi connectivity index (χ2v) is 15.2. The number of benzene rings is 6. The second kappa shape index (κ2) is 12.6. The van der Waals surface area contributed by atoms with Gasteiger partial charge in [0.05, 0.1) is 0 Å². The van der Waals surface area contributed by atoms with Crippen molar-refractivity contribution >= 4 is 17.7 Å². The topological polar surface area (TPSA) is 43.6 Å². The van der Waals surface area contributed by atoms with E-state index in [1.807, 2.05) is 36.4 Å². The summed E-state index contributed by atoms with van der Waals surface area (Å²) >= 11 is 0. The average Bonchev–Trinajstić information content (AvgIpc) is 3.95. The summed E-state index contributed by atoms with van der Waals surface area (Å²) in [5.41, 5.74) is 17.2. The fourth-order valence-electron chi connectivity index (χ4n) is 9.55. The van der Waals surface area contributed by atoms with Crippen molar-refractivity contribution in [1.29, 1.82) is 0 Å². The highest BCUT2D eigenvalue weighted by molar-refractivity contribution is 6.00. The zero-order valence-corrected chi connectivity index (χ0v) is 30.9. The van der Waals surface area contributed by atoms with Crippen LogP contribution in [0.3, 0.4) is 0 Å². The van der Waals surface area contributed by atoms with Crippen LogP contribution in [0.2, 0.25) is 0 Å². The maximum absolute atomic E-state index is 5.16. The number of aromatic nitrogens is 4. The molecular weight excluding hydrogens is 693 g/mol. The molecule has 7 aromatic rings. The lowest BCUT2D eigenvalue weighted by molar-refractivity contribution is 0.743. The minimum atomic E-state index is 0.0492. The van der Waals surface area contributed by atoms with E-state index < -0.39 is 0 Å². The Kier molecular flexibility index (Phi) is 7.02. The third kappa shape index (κ3) is 5.04. The van der Waals surface area contributed by atoms with E-state index in [4.69, 9.17) is 15.0 Å². The Balaban J connectivity index is 1.10. The van der Waals surface area contributed by atoms with Crippen molar-refractivity contribution in [3.05, 3.63) is 221 Å². The van der Waals surface area contributed by atoms with Crippen LogP contribution in [0.4, 0.5) is 0 Å². The Morgan fingerprint density at radius 1 is 0.439 bits per heavy atom. The molecule has 2 atom stereocenters. The van der Waals surface area contributed by atoms with Crippen molar-refractivity contribution in [3.8, 4) is 62.1 Å².